The van der Waals surface area contributed by atoms with E-state index in [1.807, 2.05) is 11.8 Å². The smallest absolute Gasteiger partial charge is 0.0511 e. The third-order valence-corrected chi connectivity index (χ3v) is 4.70. The van der Waals surface area contributed by atoms with E-state index in [0.29, 0.717) is 0 Å². The summed E-state index contributed by atoms with van der Waals surface area (Å²) in [7, 11) is 0. The molecule has 100 valence electrons. The van der Waals surface area contributed by atoms with Gasteiger partial charge in [-0.3, -0.25) is 0 Å². The fraction of sp³-hybridized carbons (Fsp3) is 0.571. The van der Waals surface area contributed by atoms with Crippen molar-refractivity contribution in [3.05, 3.63) is 28.2 Å². The standard InChI is InChI=1S/C14H21BrN2S/c1-2-5-16-11-12-3-4-14(13(15)10-12)17-6-8-18-9-7-17/h3-4,10,16H,2,5-9,11H2,1H3. The Bertz CT molecular complexity index is 378. The summed E-state index contributed by atoms with van der Waals surface area (Å²) in [5.41, 5.74) is 2.69. The number of rotatable bonds is 5. The molecule has 0 saturated carbocycles. The van der Waals surface area contributed by atoms with Crippen molar-refractivity contribution in [3.8, 4) is 0 Å². The normalized spacial score (nSPS) is 16.0. The summed E-state index contributed by atoms with van der Waals surface area (Å²) >= 11 is 5.76. The quantitative estimate of drug-likeness (QED) is 0.833. The molecule has 2 rings (SSSR count). The first kappa shape index (κ1) is 14.2. The fourth-order valence-electron chi connectivity index (χ4n) is 2.13. The molecule has 1 saturated heterocycles. The van der Waals surface area contributed by atoms with Crippen molar-refractivity contribution in [1.82, 2.24) is 5.32 Å². The third-order valence-electron chi connectivity index (χ3n) is 3.12. The van der Waals surface area contributed by atoms with Gasteiger partial charge in [-0.1, -0.05) is 13.0 Å². The largest absolute Gasteiger partial charge is 0.369 e. The molecule has 0 amide bonds. The zero-order chi connectivity index (χ0) is 12.8. The van der Waals surface area contributed by atoms with Crippen LogP contribution in [-0.2, 0) is 6.54 Å². The number of halogens is 1. The van der Waals surface area contributed by atoms with Gasteiger partial charge in [-0.2, -0.15) is 11.8 Å². The van der Waals surface area contributed by atoms with Crippen molar-refractivity contribution >= 4 is 33.4 Å². The highest BCUT2D eigenvalue weighted by atomic mass is 79.9. The van der Waals surface area contributed by atoms with Crippen LogP contribution in [0.3, 0.4) is 0 Å². The lowest BCUT2D eigenvalue weighted by Crippen LogP contribution is -2.32. The lowest BCUT2D eigenvalue weighted by Gasteiger charge is -2.29. The van der Waals surface area contributed by atoms with E-state index in [1.54, 1.807) is 0 Å². The van der Waals surface area contributed by atoms with Crippen molar-refractivity contribution in [3.63, 3.8) is 0 Å². The van der Waals surface area contributed by atoms with Gasteiger partial charge in [0.1, 0.15) is 0 Å². The fourth-order valence-corrected chi connectivity index (χ4v) is 3.71. The van der Waals surface area contributed by atoms with Gasteiger partial charge in [0.25, 0.3) is 0 Å². The van der Waals surface area contributed by atoms with E-state index in [4.69, 9.17) is 0 Å². The van der Waals surface area contributed by atoms with E-state index in [0.717, 1.165) is 26.2 Å². The Morgan fingerprint density at radius 1 is 1.33 bits per heavy atom. The highest BCUT2D eigenvalue weighted by Gasteiger charge is 2.13. The van der Waals surface area contributed by atoms with E-state index in [-0.39, 0.29) is 0 Å². The minimum atomic E-state index is 0.961. The van der Waals surface area contributed by atoms with Crippen LogP contribution >= 0.6 is 27.7 Å². The highest BCUT2D eigenvalue weighted by molar-refractivity contribution is 9.10. The Kier molecular flexibility index (Phi) is 5.86. The monoisotopic (exact) mass is 328 g/mol. The Morgan fingerprint density at radius 2 is 2.11 bits per heavy atom. The SMILES string of the molecule is CCCNCc1ccc(N2CCSCC2)c(Br)c1. The maximum Gasteiger partial charge on any atom is 0.0511 e. The maximum absolute atomic E-state index is 3.72. The highest BCUT2D eigenvalue weighted by Crippen LogP contribution is 2.29. The molecule has 1 aliphatic rings. The van der Waals surface area contributed by atoms with Crippen LogP contribution in [0.1, 0.15) is 18.9 Å². The Hall–Kier alpha value is -0.190. The second-order valence-corrected chi connectivity index (χ2v) is 6.64. The Morgan fingerprint density at radius 3 is 2.78 bits per heavy atom. The topological polar surface area (TPSA) is 15.3 Å². The number of thioether (sulfide) groups is 1. The van der Waals surface area contributed by atoms with Crippen molar-refractivity contribution in [2.75, 3.05) is 36.0 Å². The summed E-state index contributed by atoms with van der Waals surface area (Å²) in [6, 6.07) is 6.74. The molecule has 0 radical (unpaired) electrons. The lowest BCUT2D eigenvalue weighted by molar-refractivity contribution is 0.675. The van der Waals surface area contributed by atoms with Crippen LogP contribution in [0.25, 0.3) is 0 Å². The number of benzene rings is 1. The molecule has 1 aromatic carbocycles. The Labute approximate surface area is 123 Å². The first-order valence-corrected chi connectivity index (χ1v) is 8.58. The number of hydrogen-bond donors (Lipinski definition) is 1. The molecule has 1 aliphatic heterocycles. The van der Waals surface area contributed by atoms with Gasteiger partial charge in [-0.25, -0.2) is 0 Å². The van der Waals surface area contributed by atoms with Crippen LogP contribution in [0, 0.1) is 0 Å². The van der Waals surface area contributed by atoms with Crippen LogP contribution < -0.4 is 10.2 Å². The minimum absolute atomic E-state index is 0.961. The molecule has 1 aromatic rings. The van der Waals surface area contributed by atoms with Crippen LogP contribution in [0.15, 0.2) is 22.7 Å². The molecular formula is C14H21BrN2S. The molecule has 4 heteroatoms. The molecule has 1 fully saturated rings. The first-order chi connectivity index (χ1) is 8.81. The summed E-state index contributed by atoms with van der Waals surface area (Å²) in [6.07, 6.45) is 1.19. The molecule has 18 heavy (non-hydrogen) atoms. The maximum atomic E-state index is 3.72. The van der Waals surface area contributed by atoms with Crippen LogP contribution in [-0.4, -0.2) is 31.1 Å². The minimum Gasteiger partial charge on any atom is -0.369 e. The van der Waals surface area contributed by atoms with Gasteiger partial charge >= 0.3 is 0 Å². The van der Waals surface area contributed by atoms with Gasteiger partial charge in [0, 0.05) is 35.6 Å². The first-order valence-electron chi connectivity index (χ1n) is 6.63. The predicted octanol–water partition coefficient (Wildman–Crippen LogP) is 3.50. The molecule has 0 aliphatic carbocycles. The predicted molar refractivity (Wildman–Crippen MR) is 85.7 cm³/mol. The average molecular weight is 329 g/mol. The number of nitrogens with zero attached hydrogens (tertiary/aromatic N) is 1. The summed E-state index contributed by atoms with van der Waals surface area (Å²) < 4.78 is 1.23. The van der Waals surface area contributed by atoms with Gasteiger partial charge in [0.15, 0.2) is 0 Å². The molecular weight excluding hydrogens is 308 g/mol. The van der Waals surface area contributed by atoms with Gasteiger partial charge < -0.3 is 10.2 Å². The summed E-state index contributed by atoms with van der Waals surface area (Å²) in [5, 5.41) is 3.44. The molecule has 0 spiro atoms. The molecule has 2 nitrogen and oxygen atoms in total. The second-order valence-electron chi connectivity index (χ2n) is 4.56. The molecule has 0 atom stereocenters. The zero-order valence-corrected chi connectivity index (χ0v) is 13.3. The van der Waals surface area contributed by atoms with E-state index in [2.05, 4.69) is 51.3 Å². The van der Waals surface area contributed by atoms with Crippen molar-refractivity contribution in [1.29, 1.82) is 0 Å². The Balaban J connectivity index is 2.00. The number of hydrogen-bond acceptors (Lipinski definition) is 3. The molecule has 0 unspecified atom stereocenters. The van der Waals surface area contributed by atoms with Crippen LogP contribution in [0.2, 0.25) is 0 Å². The zero-order valence-electron chi connectivity index (χ0n) is 10.9. The lowest BCUT2D eigenvalue weighted by atomic mass is 10.2. The third kappa shape index (κ3) is 3.90. The van der Waals surface area contributed by atoms with Crippen molar-refractivity contribution < 1.29 is 0 Å². The van der Waals surface area contributed by atoms with Gasteiger partial charge in [0.05, 0.1) is 5.69 Å². The van der Waals surface area contributed by atoms with Crippen molar-refractivity contribution in [2.24, 2.45) is 0 Å². The molecule has 1 heterocycles. The summed E-state index contributed by atoms with van der Waals surface area (Å²) in [4.78, 5) is 2.48. The van der Waals surface area contributed by atoms with Gasteiger partial charge in [-0.15, -0.1) is 0 Å². The van der Waals surface area contributed by atoms with E-state index >= 15 is 0 Å². The van der Waals surface area contributed by atoms with Crippen LogP contribution in [0.5, 0.6) is 0 Å². The van der Waals surface area contributed by atoms with Crippen LogP contribution in [0.4, 0.5) is 5.69 Å². The van der Waals surface area contributed by atoms with Gasteiger partial charge in [0.2, 0.25) is 0 Å². The van der Waals surface area contributed by atoms with Crippen molar-refractivity contribution in [2.45, 2.75) is 19.9 Å². The molecule has 0 aromatic heterocycles. The second kappa shape index (κ2) is 7.41. The van der Waals surface area contributed by atoms with E-state index in [9.17, 15) is 0 Å². The summed E-state index contributed by atoms with van der Waals surface area (Å²) in [5.74, 6) is 2.48. The van der Waals surface area contributed by atoms with E-state index < -0.39 is 0 Å². The molecule has 1 N–H and O–H groups in total. The van der Waals surface area contributed by atoms with Gasteiger partial charge in [-0.05, 0) is 46.6 Å². The van der Waals surface area contributed by atoms with E-state index in [1.165, 1.54) is 33.7 Å². The summed E-state index contributed by atoms with van der Waals surface area (Å²) in [6.45, 7) is 6.57. The number of anilines is 1. The number of nitrogens with one attached hydrogen (secondary N) is 1. The molecule has 0 bridgehead atoms. The average Bonchev–Trinajstić information content (AvgIpc) is 2.40.